The molecule has 440 valence electrons. The lowest BCUT2D eigenvalue weighted by Crippen LogP contribution is -2.45. The number of aliphatic imine (C=N–C) groups is 2. The second-order valence-electron chi connectivity index (χ2n) is 21.4. The molecule has 6 aromatic rings. The van der Waals surface area contributed by atoms with E-state index in [1.165, 1.54) is 35.5 Å². The zero-order valence-corrected chi connectivity index (χ0v) is 47.5. The molecule has 0 spiro atoms. The fraction of sp³-hybridized carbons (Fsp3) is 0.400. The summed E-state index contributed by atoms with van der Waals surface area (Å²) in [4.78, 5) is 129. The molecule has 5 N–H and O–H groups in total. The molecule has 10 rings (SSSR count). The third-order valence-corrected chi connectivity index (χ3v) is 14.8. The number of carboxylic acids is 1. The molecule has 4 aliphatic rings. The number of guanidine groups is 2. The standard InChI is InChI=1S/C31H37N7O5.C29H32N6O6/c1-20-16-22-17-23(9-10-26(22)43-20)33-31(35-28(40)21-11-12-32-25(18-21)29(41)36(2)3)34-24-8-4-5-15-38(30(24)42)19-27(39)37-13-6-7-14-37;1-18-14-20-15-21(7-8-24(20)41-18)31-29(33-26(37)19-9-10-30-23(16-19)28(39)40)32-22-6-2-3-13-35(27(22)38)17-25(36)34-11-4-5-12-34/h9-12,16-18,24H,4-8,13-15,19H2,1-3H3,(H2,33,34,35,40);7-10,14-16,22H,2-6,11-13,17H2,1H3,(H,39,40)(H2,31,32,33,37)/t24-;22-/m00/s1. The zero-order valence-electron chi connectivity index (χ0n) is 47.5. The fourth-order valence-corrected chi connectivity index (χ4v) is 10.4. The van der Waals surface area contributed by atoms with E-state index in [0.29, 0.717) is 56.0 Å². The molecule has 2 aromatic carbocycles. The second kappa shape index (κ2) is 27.1. The molecule has 0 bridgehead atoms. The van der Waals surface area contributed by atoms with Crippen LogP contribution in [0.15, 0.2) is 104 Å². The summed E-state index contributed by atoms with van der Waals surface area (Å²) in [6.45, 7) is 7.55. The highest BCUT2D eigenvalue weighted by Crippen LogP contribution is 2.26. The van der Waals surface area contributed by atoms with Crippen molar-refractivity contribution in [2.24, 2.45) is 9.98 Å². The average Bonchev–Trinajstić information content (AvgIpc) is 4.36. The Labute approximate surface area is 484 Å². The number of amides is 7. The van der Waals surface area contributed by atoms with Crippen LogP contribution in [-0.2, 0) is 19.2 Å². The molecule has 84 heavy (non-hydrogen) atoms. The first-order valence-electron chi connectivity index (χ1n) is 28.3. The van der Waals surface area contributed by atoms with E-state index in [0.717, 1.165) is 98.4 Å². The predicted molar refractivity (Wildman–Crippen MR) is 312 cm³/mol. The van der Waals surface area contributed by atoms with E-state index in [1.54, 1.807) is 51.9 Å². The number of benzene rings is 2. The van der Waals surface area contributed by atoms with Crippen LogP contribution in [0.1, 0.15) is 117 Å². The Morgan fingerprint density at radius 1 is 0.571 bits per heavy atom. The van der Waals surface area contributed by atoms with E-state index >= 15 is 0 Å². The second-order valence-corrected chi connectivity index (χ2v) is 21.4. The monoisotopic (exact) mass is 1150 g/mol. The summed E-state index contributed by atoms with van der Waals surface area (Å²) in [5.41, 5.74) is 2.78. The van der Waals surface area contributed by atoms with Crippen molar-refractivity contribution in [2.45, 2.75) is 90.1 Å². The van der Waals surface area contributed by atoms with Gasteiger partial charge in [-0.3, -0.25) is 49.2 Å². The van der Waals surface area contributed by atoms with Gasteiger partial charge in [0.25, 0.3) is 17.7 Å². The smallest absolute Gasteiger partial charge is 0.354 e. The summed E-state index contributed by atoms with van der Waals surface area (Å²) in [5, 5.41) is 22.8. The fourth-order valence-electron chi connectivity index (χ4n) is 10.4. The lowest BCUT2D eigenvalue weighted by atomic mass is 10.1. The first-order chi connectivity index (χ1) is 40.4. The molecule has 4 aliphatic heterocycles. The van der Waals surface area contributed by atoms with Gasteiger partial charge in [-0.05, 0) is 151 Å². The van der Waals surface area contributed by atoms with Crippen molar-refractivity contribution in [3.8, 4) is 0 Å². The van der Waals surface area contributed by atoms with Crippen molar-refractivity contribution in [3.05, 3.63) is 119 Å². The molecule has 2 atom stereocenters. The minimum absolute atomic E-state index is 0.00542. The van der Waals surface area contributed by atoms with Gasteiger partial charge in [0.15, 0.2) is 0 Å². The summed E-state index contributed by atoms with van der Waals surface area (Å²) in [5.74, 6) is -1.77. The molecule has 24 heteroatoms. The van der Waals surface area contributed by atoms with Gasteiger partial charge >= 0.3 is 5.97 Å². The third kappa shape index (κ3) is 15.1. The Balaban J connectivity index is 0.000000202. The summed E-state index contributed by atoms with van der Waals surface area (Å²) < 4.78 is 11.3. The quantitative estimate of drug-likeness (QED) is 0.0686. The number of furan rings is 2. The minimum atomic E-state index is -1.26. The van der Waals surface area contributed by atoms with Crippen molar-refractivity contribution < 1.29 is 52.3 Å². The van der Waals surface area contributed by atoms with E-state index < -0.39 is 29.9 Å². The third-order valence-electron chi connectivity index (χ3n) is 14.8. The number of aryl methyl sites for hydroxylation is 2. The van der Waals surface area contributed by atoms with Gasteiger partial charge in [-0.15, -0.1) is 0 Å². The van der Waals surface area contributed by atoms with E-state index in [-0.39, 0.29) is 77.1 Å². The van der Waals surface area contributed by atoms with Crippen molar-refractivity contribution in [2.75, 3.05) is 77.1 Å². The molecule has 0 radical (unpaired) electrons. The number of rotatable bonds is 12. The maximum Gasteiger partial charge on any atom is 0.354 e. The van der Waals surface area contributed by atoms with E-state index in [4.69, 9.17) is 13.8 Å². The van der Waals surface area contributed by atoms with Gasteiger partial charge in [0.05, 0.1) is 13.1 Å². The number of aromatic carboxylic acids is 1. The van der Waals surface area contributed by atoms with Crippen LogP contribution in [0.5, 0.6) is 0 Å². The lowest BCUT2D eigenvalue weighted by Gasteiger charge is -2.25. The number of fused-ring (bicyclic) bond motifs is 2. The van der Waals surface area contributed by atoms with Crippen molar-refractivity contribution >= 4 is 92.6 Å². The van der Waals surface area contributed by atoms with Crippen LogP contribution in [-0.4, -0.2) is 177 Å². The van der Waals surface area contributed by atoms with Gasteiger partial charge in [0.1, 0.15) is 46.2 Å². The first kappa shape index (κ1) is 59.2. The number of nitrogens with one attached hydrogen (secondary N) is 4. The Morgan fingerprint density at radius 3 is 1.42 bits per heavy atom. The van der Waals surface area contributed by atoms with Gasteiger partial charge in [0.2, 0.25) is 35.5 Å². The summed E-state index contributed by atoms with van der Waals surface area (Å²) in [6, 6.07) is 18.5. The number of anilines is 2. The Hall–Kier alpha value is -9.48. The van der Waals surface area contributed by atoms with E-state index in [1.807, 2.05) is 44.2 Å². The lowest BCUT2D eigenvalue weighted by molar-refractivity contribution is -0.140. The molecule has 7 amide bonds. The van der Waals surface area contributed by atoms with Crippen LogP contribution in [0.3, 0.4) is 0 Å². The molecule has 0 aliphatic carbocycles. The summed E-state index contributed by atoms with van der Waals surface area (Å²) in [7, 11) is 3.21. The zero-order chi connectivity index (χ0) is 59.4. The van der Waals surface area contributed by atoms with Gasteiger partial charge in [0, 0.05) is 99.0 Å². The number of carbonyl (C=O) groups is 8. The highest BCUT2D eigenvalue weighted by molar-refractivity contribution is 6.12. The minimum Gasteiger partial charge on any atom is -0.477 e. The number of hydrogen-bond acceptors (Lipinski definition) is 14. The van der Waals surface area contributed by atoms with Crippen LogP contribution in [0.4, 0.5) is 11.4 Å². The van der Waals surface area contributed by atoms with Crippen LogP contribution in [0.2, 0.25) is 0 Å². The van der Waals surface area contributed by atoms with E-state index in [2.05, 4.69) is 36.2 Å². The Bertz CT molecular complexity index is 3520. The van der Waals surface area contributed by atoms with Crippen LogP contribution < -0.4 is 21.3 Å². The van der Waals surface area contributed by atoms with Crippen LogP contribution in [0.25, 0.3) is 21.9 Å². The van der Waals surface area contributed by atoms with Gasteiger partial charge in [-0.2, -0.15) is 0 Å². The number of pyridine rings is 2. The van der Waals surface area contributed by atoms with E-state index in [9.17, 15) is 43.5 Å². The Kier molecular flexibility index (Phi) is 19.1. The van der Waals surface area contributed by atoms with Crippen LogP contribution >= 0.6 is 0 Å². The molecule has 8 heterocycles. The topological polar surface area (TPSA) is 298 Å². The van der Waals surface area contributed by atoms with Gasteiger partial charge < -0.3 is 49.1 Å². The molecular weight excluding hydrogens is 1080 g/mol. The molecule has 24 nitrogen and oxygen atoms in total. The number of hydrogen-bond donors (Lipinski definition) is 5. The molecule has 4 fully saturated rings. The largest absolute Gasteiger partial charge is 0.477 e. The highest BCUT2D eigenvalue weighted by Gasteiger charge is 2.33. The molecule has 0 unspecified atom stereocenters. The summed E-state index contributed by atoms with van der Waals surface area (Å²) >= 11 is 0. The first-order valence-corrected chi connectivity index (χ1v) is 28.3. The number of carboxylic acid groups (broad SMARTS) is 1. The molecule has 0 saturated carbocycles. The Morgan fingerprint density at radius 2 is 0.988 bits per heavy atom. The van der Waals surface area contributed by atoms with Crippen LogP contribution in [0, 0.1) is 13.8 Å². The number of carbonyl (C=O) groups excluding carboxylic acids is 7. The van der Waals surface area contributed by atoms with Crippen molar-refractivity contribution in [1.29, 1.82) is 0 Å². The maximum absolute atomic E-state index is 13.6. The maximum atomic E-state index is 13.6. The number of nitrogens with zero attached hydrogens (tertiary/aromatic N) is 9. The molecular formula is C60H69N13O11. The molecule has 4 aromatic heterocycles. The predicted octanol–water partition coefficient (Wildman–Crippen LogP) is 6.08. The normalized spacial score (nSPS) is 17.8. The van der Waals surface area contributed by atoms with Crippen molar-refractivity contribution in [3.63, 3.8) is 0 Å². The SMILES string of the molecule is Cc1cc2cc(NC(=N[C@H]3CCCCN(CC(=O)N4CCCC4)C3=O)NC(=O)c3ccnc(C(=O)N(C)C)c3)ccc2o1.Cc1cc2cc(NC(=N[C@H]3CCCCN(CC(=O)N4CCCC4)C3=O)NC(=O)c3ccnc(C(=O)O)c3)ccc2o1. The number of likely N-dealkylation sites (tertiary alicyclic amines) is 4. The highest BCUT2D eigenvalue weighted by atomic mass is 16.4. The van der Waals surface area contributed by atoms with Crippen molar-refractivity contribution in [1.82, 2.24) is 45.1 Å². The molecule has 4 saturated heterocycles. The summed E-state index contributed by atoms with van der Waals surface area (Å²) in [6.07, 6.45) is 10.4. The number of aromatic nitrogens is 2. The van der Waals surface area contributed by atoms with Gasteiger partial charge in [-0.25, -0.2) is 19.8 Å². The van der Waals surface area contributed by atoms with Gasteiger partial charge in [-0.1, -0.05) is 0 Å². The average molecular weight is 1150 g/mol.